The predicted molar refractivity (Wildman–Crippen MR) is 55.9 cm³/mol. The minimum atomic E-state index is 0.204. The molecule has 1 aromatic rings. The third-order valence-electron chi connectivity index (χ3n) is 2.65. The molecule has 0 saturated heterocycles. The van der Waals surface area contributed by atoms with Gasteiger partial charge >= 0.3 is 0 Å². The van der Waals surface area contributed by atoms with E-state index < -0.39 is 0 Å². The van der Waals surface area contributed by atoms with Gasteiger partial charge in [-0.1, -0.05) is 6.07 Å². The highest BCUT2D eigenvalue weighted by molar-refractivity contribution is 5.45. The number of hydrogen-bond donors (Lipinski definition) is 0. The lowest BCUT2D eigenvalue weighted by Crippen LogP contribution is -2.19. The van der Waals surface area contributed by atoms with E-state index in [1.807, 2.05) is 0 Å². The quantitative estimate of drug-likeness (QED) is 0.715. The van der Waals surface area contributed by atoms with Gasteiger partial charge in [-0.2, -0.15) is 0 Å². The van der Waals surface area contributed by atoms with Crippen molar-refractivity contribution in [2.75, 3.05) is 13.7 Å². The summed E-state index contributed by atoms with van der Waals surface area (Å²) in [6.07, 6.45) is 1.19. The molecule has 14 heavy (non-hydrogen) atoms. The van der Waals surface area contributed by atoms with Gasteiger partial charge in [-0.25, -0.2) is 0 Å². The van der Waals surface area contributed by atoms with Crippen LogP contribution in [0.25, 0.3) is 0 Å². The monoisotopic (exact) mass is 192 g/mol. The minimum Gasteiger partial charge on any atom is -0.487 e. The molecule has 1 aliphatic rings. The van der Waals surface area contributed by atoms with Gasteiger partial charge in [0.1, 0.15) is 11.9 Å². The van der Waals surface area contributed by atoms with Crippen molar-refractivity contribution in [2.24, 2.45) is 0 Å². The van der Waals surface area contributed by atoms with Crippen LogP contribution in [0.1, 0.15) is 16.7 Å². The Bertz CT molecular complexity index is 344. The van der Waals surface area contributed by atoms with E-state index in [-0.39, 0.29) is 6.10 Å². The summed E-state index contributed by atoms with van der Waals surface area (Å²) >= 11 is 0. The van der Waals surface area contributed by atoms with Gasteiger partial charge in [0.15, 0.2) is 0 Å². The lowest BCUT2D eigenvalue weighted by Gasteiger charge is -2.08. The molecule has 76 valence electrons. The first-order chi connectivity index (χ1) is 6.70. The second-order valence-corrected chi connectivity index (χ2v) is 3.96. The second kappa shape index (κ2) is 3.62. The molecule has 1 atom stereocenters. The van der Waals surface area contributed by atoms with Gasteiger partial charge in [-0.3, -0.25) is 0 Å². The summed E-state index contributed by atoms with van der Waals surface area (Å²) in [5, 5.41) is 0. The average Bonchev–Trinajstić information content (AvgIpc) is 2.48. The van der Waals surface area contributed by atoms with E-state index in [1.54, 1.807) is 7.11 Å². The Hall–Kier alpha value is -1.02. The highest BCUT2D eigenvalue weighted by Crippen LogP contribution is 2.32. The fourth-order valence-electron chi connectivity index (χ4n) is 2.05. The molecule has 0 saturated carbocycles. The zero-order valence-electron chi connectivity index (χ0n) is 8.96. The van der Waals surface area contributed by atoms with Crippen molar-refractivity contribution in [1.29, 1.82) is 0 Å². The van der Waals surface area contributed by atoms with E-state index in [9.17, 15) is 0 Å². The molecule has 0 aromatic heterocycles. The van der Waals surface area contributed by atoms with Crippen molar-refractivity contribution in [3.8, 4) is 5.75 Å². The average molecular weight is 192 g/mol. The van der Waals surface area contributed by atoms with Gasteiger partial charge < -0.3 is 9.47 Å². The first kappa shape index (κ1) is 9.53. The Balaban J connectivity index is 2.26. The van der Waals surface area contributed by atoms with Gasteiger partial charge in [-0.05, 0) is 31.0 Å². The van der Waals surface area contributed by atoms with Crippen LogP contribution >= 0.6 is 0 Å². The number of rotatable bonds is 2. The fourth-order valence-corrected chi connectivity index (χ4v) is 2.05. The van der Waals surface area contributed by atoms with Crippen LogP contribution in [0.2, 0.25) is 0 Å². The van der Waals surface area contributed by atoms with E-state index >= 15 is 0 Å². The molecule has 1 unspecified atom stereocenters. The Morgan fingerprint density at radius 3 is 2.93 bits per heavy atom. The summed E-state index contributed by atoms with van der Waals surface area (Å²) in [6, 6.07) is 4.31. The highest BCUT2D eigenvalue weighted by Gasteiger charge is 2.24. The normalized spacial score (nSPS) is 19.2. The second-order valence-electron chi connectivity index (χ2n) is 3.96. The maximum atomic E-state index is 5.78. The highest BCUT2D eigenvalue weighted by atomic mass is 16.5. The molecule has 0 N–H and O–H groups in total. The molecule has 2 heteroatoms. The van der Waals surface area contributed by atoms with Crippen molar-refractivity contribution in [1.82, 2.24) is 0 Å². The van der Waals surface area contributed by atoms with E-state index in [4.69, 9.17) is 9.47 Å². The number of ether oxygens (including phenoxy) is 2. The number of hydrogen-bond acceptors (Lipinski definition) is 2. The van der Waals surface area contributed by atoms with Crippen molar-refractivity contribution >= 4 is 0 Å². The zero-order valence-corrected chi connectivity index (χ0v) is 8.96. The summed E-state index contributed by atoms with van der Waals surface area (Å²) in [6.45, 7) is 4.91. The molecule has 0 radical (unpaired) electrons. The van der Waals surface area contributed by atoms with Gasteiger partial charge in [-0.15, -0.1) is 0 Å². The summed E-state index contributed by atoms with van der Waals surface area (Å²) < 4.78 is 10.9. The number of aryl methyl sites for hydroxylation is 2. The smallest absolute Gasteiger partial charge is 0.126 e. The van der Waals surface area contributed by atoms with Crippen LogP contribution in [-0.2, 0) is 11.2 Å². The minimum absolute atomic E-state index is 0.204. The first-order valence-electron chi connectivity index (χ1n) is 4.96. The number of benzene rings is 1. The van der Waals surface area contributed by atoms with E-state index in [2.05, 4.69) is 26.0 Å². The molecule has 0 fully saturated rings. The maximum absolute atomic E-state index is 5.78. The van der Waals surface area contributed by atoms with Crippen molar-refractivity contribution < 1.29 is 9.47 Å². The lowest BCUT2D eigenvalue weighted by molar-refractivity contribution is 0.0951. The lowest BCUT2D eigenvalue weighted by atomic mass is 10.0. The van der Waals surface area contributed by atoms with Crippen LogP contribution in [-0.4, -0.2) is 19.8 Å². The van der Waals surface area contributed by atoms with Crippen LogP contribution in [0.4, 0.5) is 0 Å². The summed E-state index contributed by atoms with van der Waals surface area (Å²) in [5.74, 6) is 1.05. The SMILES string of the molecule is COCC1Cc2c(C)cc(C)cc2O1. The maximum Gasteiger partial charge on any atom is 0.126 e. The predicted octanol–water partition coefficient (Wildman–Crippen LogP) is 2.25. The van der Waals surface area contributed by atoms with Crippen LogP contribution in [0.5, 0.6) is 5.75 Å². The number of fused-ring (bicyclic) bond motifs is 1. The van der Waals surface area contributed by atoms with Crippen LogP contribution in [0, 0.1) is 13.8 Å². The molecule has 2 rings (SSSR count). The molecule has 0 aliphatic carbocycles. The van der Waals surface area contributed by atoms with Crippen molar-refractivity contribution in [3.05, 3.63) is 28.8 Å². The molecule has 1 aromatic carbocycles. The molecule has 0 bridgehead atoms. The van der Waals surface area contributed by atoms with Gasteiger partial charge in [0, 0.05) is 19.1 Å². The van der Waals surface area contributed by atoms with E-state index in [0.717, 1.165) is 12.2 Å². The standard InChI is InChI=1S/C12H16O2/c1-8-4-9(2)11-6-10(7-13-3)14-12(11)5-8/h4-5,10H,6-7H2,1-3H3. The summed E-state index contributed by atoms with van der Waals surface area (Å²) in [5.41, 5.74) is 3.94. The molecule has 1 heterocycles. The van der Waals surface area contributed by atoms with Gasteiger partial charge in [0.05, 0.1) is 6.61 Å². The van der Waals surface area contributed by atoms with Crippen LogP contribution in [0.15, 0.2) is 12.1 Å². The molecular weight excluding hydrogens is 176 g/mol. The van der Waals surface area contributed by atoms with Crippen LogP contribution in [0.3, 0.4) is 0 Å². The topological polar surface area (TPSA) is 18.5 Å². The summed E-state index contributed by atoms with van der Waals surface area (Å²) in [4.78, 5) is 0. The molecule has 1 aliphatic heterocycles. The summed E-state index contributed by atoms with van der Waals surface area (Å²) in [7, 11) is 1.71. The Labute approximate surface area is 84.8 Å². The molecule has 0 spiro atoms. The van der Waals surface area contributed by atoms with E-state index in [1.165, 1.54) is 16.7 Å². The molecule has 2 nitrogen and oxygen atoms in total. The van der Waals surface area contributed by atoms with Crippen molar-refractivity contribution in [2.45, 2.75) is 26.4 Å². The Morgan fingerprint density at radius 1 is 1.43 bits per heavy atom. The van der Waals surface area contributed by atoms with Gasteiger partial charge in [0.2, 0.25) is 0 Å². The Morgan fingerprint density at radius 2 is 2.21 bits per heavy atom. The Kier molecular flexibility index (Phi) is 2.46. The first-order valence-corrected chi connectivity index (χ1v) is 4.96. The fraction of sp³-hybridized carbons (Fsp3) is 0.500. The molecule has 0 amide bonds. The number of methoxy groups -OCH3 is 1. The van der Waals surface area contributed by atoms with Crippen LogP contribution < -0.4 is 4.74 Å². The molecular formula is C12H16O2. The van der Waals surface area contributed by atoms with E-state index in [0.29, 0.717) is 6.61 Å². The van der Waals surface area contributed by atoms with Gasteiger partial charge in [0.25, 0.3) is 0 Å². The third-order valence-corrected chi connectivity index (χ3v) is 2.65. The third kappa shape index (κ3) is 1.62. The zero-order chi connectivity index (χ0) is 10.1. The van der Waals surface area contributed by atoms with Crippen molar-refractivity contribution in [3.63, 3.8) is 0 Å². The largest absolute Gasteiger partial charge is 0.487 e.